The number of carbonyl (C=O) groups is 1. The van der Waals surface area contributed by atoms with Crippen LogP contribution in [0.3, 0.4) is 0 Å². The number of amides is 1. The fraction of sp³-hybridized carbons (Fsp3) is 0.350. The maximum Gasteiger partial charge on any atom is 0.291 e. The molecule has 0 aliphatic rings. The molecule has 1 atom stereocenters. The van der Waals surface area contributed by atoms with Gasteiger partial charge in [0, 0.05) is 19.1 Å². The van der Waals surface area contributed by atoms with Crippen LogP contribution in [-0.2, 0) is 0 Å². The molecule has 6 nitrogen and oxygen atoms in total. The van der Waals surface area contributed by atoms with E-state index < -0.39 is 0 Å². The second-order valence-electron chi connectivity index (χ2n) is 6.62. The average Bonchev–Trinajstić information content (AvgIpc) is 3.36. The van der Waals surface area contributed by atoms with E-state index in [0.717, 1.165) is 17.8 Å². The molecule has 0 aliphatic heterocycles. The molecule has 0 saturated heterocycles. The van der Waals surface area contributed by atoms with Crippen molar-refractivity contribution in [2.45, 2.75) is 26.3 Å². The Labute approximate surface area is 168 Å². The summed E-state index contributed by atoms with van der Waals surface area (Å²) in [7, 11) is 2.03. The first-order valence-electron chi connectivity index (χ1n) is 9.25. The monoisotopic (exact) mass is 401 g/mol. The normalized spacial score (nSPS) is 12.3. The Morgan fingerprint density at radius 1 is 1.36 bits per heavy atom. The van der Waals surface area contributed by atoms with Crippen LogP contribution in [0.25, 0.3) is 16.4 Å². The van der Waals surface area contributed by atoms with Gasteiger partial charge in [-0.25, -0.2) is 14.1 Å². The Kier molecular flexibility index (Phi) is 6.53. The Morgan fingerprint density at radius 3 is 2.86 bits per heavy atom. The molecule has 8 heteroatoms. The number of halogens is 1. The first kappa shape index (κ1) is 20.2. The molecule has 2 heterocycles. The lowest BCUT2D eigenvalue weighted by molar-refractivity contribution is 0.0937. The van der Waals surface area contributed by atoms with Gasteiger partial charge in [0.05, 0.1) is 10.6 Å². The zero-order valence-corrected chi connectivity index (χ0v) is 17.0. The predicted octanol–water partition coefficient (Wildman–Crippen LogP) is 3.60. The van der Waals surface area contributed by atoms with Crippen molar-refractivity contribution in [1.29, 1.82) is 0 Å². The Morgan fingerprint density at radius 2 is 2.18 bits per heavy atom. The van der Waals surface area contributed by atoms with Gasteiger partial charge in [0.25, 0.3) is 5.91 Å². The number of carbonyl (C=O) groups excluding carboxylic acids is 1. The molecule has 0 unspecified atom stereocenters. The predicted molar refractivity (Wildman–Crippen MR) is 109 cm³/mol. The van der Waals surface area contributed by atoms with Gasteiger partial charge < -0.3 is 10.2 Å². The highest BCUT2D eigenvalue weighted by Gasteiger charge is 2.19. The molecule has 0 bridgehead atoms. The summed E-state index contributed by atoms with van der Waals surface area (Å²) in [5, 5.41) is 9.14. The van der Waals surface area contributed by atoms with Gasteiger partial charge in [-0.15, -0.1) is 16.4 Å². The van der Waals surface area contributed by atoms with Gasteiger partial charge in [0.15, 0.2) is 5.82 Å². The first-order chi connectivity index (χ1) is 13.5. The summed E-state index contributed by atoms with van der Waals surface area (Å²) >= 11 is 1.49. The topological polar surface area (TPSA) is 63.1 Å². The zero-order chi connectivity index (χ0) is 20.1. The number of nitrogens with zero attached hydrogens (tertiary/aromatic N) is 4. The van der Waals surface area contributed by atoms with E-state index in [9.17, 15) is 9.18 Å². The molecule has 1 amide bonds. The van der Waals surface area contributed by atoms with Crippen LogP contribution in [0, 0.1) is 5.82 Å². The van der Waals surface area contributed by atoms with Crippen molar-refractivity contribution in [3.05, 3.63) is 53.4 Å². The number of aromatic nitrogens is 3. The SMILES string of the molecule is CC[C@@H](C)N(C)CCNC(=O)c1nc(-c2cccs2)n(-c2cccc(F)c2)n1. The highest BCUT2D eigenvalue weighted by molar-refractivity contribution is 7.13. The van der Waals surface area contributed by atoms with Gasteiger partial charge >= 0.3 is 0 Å². The van der Waals surface area contributed by atoms with Crippen molar-refractivity contribution in [3.63, 3.8) is 0 Å². The van der Waals surface area contributed by atoms with Crippen LogP contribution >= 0.6 is 11.3 Å². The highest BCUT2D eigenvalue weighted by atomic mass is 32.1. The summed E-state index contributed by atoms with van der Waals surface area (Å²) in [6, 6.07) is 10.3. The maximum atomic E-state index is 13.7. The second-order valence-corrected chi connectivity index (χ2v) is 7.57. The minimum Gasteiger partial charge on any atom is -0.348 e. The van der Waals surface area contributed by atoms with Gasteiger partial charge in [-0.2, -0.15) is 0 Å². The van der Waals surface area contributed by atoms with Crippen LogP contribution in [-0.4, -0.2) is 51.8 Å². The Balaban J connectivity index is 1.80. The molecule has 3 aromatic rings. The molecule has 0 fully saturated rings. The van der Waals surface area contributed by atoms with Crippen LogP contribution in [0.2, 0.25) is 0 Å². The minimum atomic E-state index is -0.371. The van der Waals surface area contributed by atoms with Crippen LogP contribution < -0.4 is 5.32 Å². The standard InChI is InChI=1S/C20H24FN5OS/c1-4-14(2)25(3)11-10-22-20(27)18-23-19(17-9-6-12-28-17)26(24-18)16-8-5-7-15(21)13-16/h5-9,12-14H,4,10-11H2,1-3H3,(H,22,27)/t14-/m1/s1. The molecule has 28 heavy (non-hydrogen) atoms. The van der Waals surface area contributed by atoms with Crippen molar-refractivity contribution in [2.24, 2.45) is 0 Å². The smallest absolute Gasteiger partial charge is 0.291 e. The van der Waals surface area contributed by atoms with E-state index in [1.165, 1.54) is 28.2 Å². The lowest BCUT2D eigenvalue weighted by Crippen LogP contribution is -2.37. The van der Waals surface area contributed by atoms with Crippen molar-refractivity contribution in [2.75, 3.05) is 20.1 Å². The molecule has 0 radical (unpaired) electrons. The van der Waals surface area contributed by atoms with Crippen LogP contribution in [0.5, 0.6) is 0 Å². The Bertz CT molecular complexity index is 925. The van der Waals surface area contributed by atoms with Crippen LogP contribution in [0.15, 0.2) is 41.8 Å². The third-order valence-corrected chi connectivity index (χ3v) is 5.56. The fourth-order valence-electron chi connectivity index (χ4n) is 2.72. The number of hydrogen-bond donors (Lipinski definition) is 1. The third kappa shape index (κ3) is 4.63. The molecule has 0 spiro atoms. The minimum absolute atomic E-state index is 0.0684. The molecule has 0 aliphatic carbocycles. The van der Waals surface area contributed by atoms with E-state index in [4.69, 9.17) is 0 Å². The quantitative estimate of drug-likeness (QED) is 0.627. The molecule has 1 aromatic carbocycles. The Hall–Kier alpha value is -2.58. The van der Waals surface area contributed by atoms with Crippen LogP contribution in [0.1, 0.15) is 30.9 Å². The summed E-state index contributed by atoms with van der Waals surface area (Å²) < 4.78 is 15.2. The number of rotatable bonds is 8. The molecule has 3 rings (SSSR count). The van der Waals surface area contributed by atoms with Crippen molar-refractivity contribution in [1.82, 2.24) is 25.0 Å². The van der Waals surface area contributed by atoms with Gasteiger partial charge in [-0.1, -0.05) is 19.1 Å². The third-order valence-electron chi connectivity index (χ3n) is 4.70. The summed E-state index contributed by atoms with van der Waals surface area (Å²) in [4.78, 5) is 20.0. The van der Waals surface area contributed by atoms with E-state index in [2.05, 4.69) is 34.1 Å². The van der Waals surface area contributed by atoms with Gasteiger partial charge in [0.1, 0.15) is 5.82 Å². The lowest BCUT2D eigenvalue weighted by atomic mass is 10.2. The summed E-state index contributed by atoms with van der Waals surface area (Å²) in [6.07, 6.45) is 1.05. The van der Waals surface area contributed by atoms with Gasteiger partial charge in [-0.3, -0.25) is 4.79 Å². The number of thiophene rings is 1. The number of benzene rings is 1. The van der Waals surface area contributed by atoms with Crippen molar-refractivity contribution < 1.29 is 9.18 Å². The van der Waals surface area contributed by atoms with E-state index in [1.807, 2.05) is 24.6 Å². The highest BCUT2D eigenvalue weighted by Crippen LogP contribution is 2.25. The fourth-order valence-corrected chi connectivity index (χ4v) is 3.42. The summed E-state index contributed by atoms with van der Waals surface area (Å²) in [6.45, 7) is 5.53. The number of likely N-dealkylation sites (N-methyl/N-ethyl adjacent to an activating group) is 1. The molecule has 0 saturated carbocycles. The van der Waals surface area contributed by atoms with Crippen molar-refractivity contribution in [3.8, 4) is 16.4 Å². The molecule has 148 valence electrons. The lowest BCUT2D eigenvalue weighted by Gasteiger charge is -2.23. The number of hydrogen-bond acceptors (Lipinski definition) is 5. The van der Waals surface area contributed by atoms with Crippen LogP contribution in [0.4, 0.5) is 4.39 Å². The van der Waals surface area contributed by atoms with E-state index in [-0.39, 0.29) is 17.5 Å². The average molecular weight is 402 g/mol. The van der Waals surface area contributed by atoms with Crippen molar-refractivity contribution >= 4 is 17.2 Å². The van der Waals surface area contributed by atoms with Gasteiger partial charge in [0.2, 0.25) is 5.82 Å². The van der Waals surface area contributed by atoms with E-state index in [0.29, 0.717) is 24.1 Å². The second kappa shape index (κ2) is 9.07. The maximum absolute atomic E-state index is 13.7. The first-order valence-corrected chi connectivity index (χ1v) is 10.1. The molecule has 2 aromatic heterocycles. The molecule has 1 N–H and O–H groups in total. The van der Waals surface area contributed by atoms with E-state index in [1.54, 1.807) is 12.1 Å². The summed E-state index contributed by atoms with van der Waals surface area (Å²) in [5.41, 5.74) is 0.520. The molecular formula is C20H24FN5OS. The largest absolute Gasteiger partial charge is 0.348 e. The number of nitrogens with one attached hydrogen (secondary N) is 1. The zero-order valence-electron chi connectivity index (χ0n) is 16.2. The van der Waals surface area contributed by atoms with E-state index >= 15 is 0 Å². The van der Waals surface area contributed by atoms with Gasteiger partial charge in [-0.05, 0) is 50.0 Å². The summed E-state index contributed by atoms with van der Waals surface area (Å²) in [5.74, 6) is -0.129. The molecular weight excluding hydrogens is 377 g/mol.